The van der Waals surface area contributed by atoms with Crippen molar-refractivity contribution in [1.82, 2.24) is 15.1 Å². The molecule has 7 nitrogen and oxygen atoms in total. The molecule has 0 spiro atoms. The number of carbonyl (C=O) groups is 4. The van der Waals surface area contributed by atoms with Crippen LogP contribution in [0, 0.1) is 5.82 Å². The average Bonchev–Trinajstić information content (AvgIpc) is 3.39. The highest BCUT2D eigenvalue weighted by Gasteiger charge is 2.45. The zero-order chi connectivity index (χ0) is 22.7. The molecular weight excluding hydrogens is 433 g/mol. The Bertz CT molecular complexity index is 1150. The number of amides is 5. The molecule has 1 aromatic heterocycles. The summed E-state index contributed by atoms with van der Waals surface area (Å²) >= 11 is 1.40. The van der Waals surface area contributed by atoms with Gasteiger partial charge in [-0.05, 0) is 34.7 Å². The van der Waals surface area contributed by atoms with Crippen LogP contribution >= 0.6 is 11.3 Å². The first-order valence-corrected chi connectivity index (χ1v) is 10.6. The highest BCUT2D eigenvalue weighted by atomic mass is 32.1. The van der Waals surface area contributed by atoms with Crippen LogP contribution in [0.2, 0.25) is 0 Å². The van der Waals surface area contributed by atoms with E-state index in [1.54, 1.807) is 42.5 Å². The SMILES string of the molecule is O=C(CN1C(=O)C(=O)N(Cc2ccccc2)C1=O)N[C@@H](c1ccc(F)cc1)c1cccs1. The van der Waals surface area contributed by atoms with E-state index in [1.807, 2.05) is 17.5 Å². The minimum atomic E-state index is -1.05. The van der Waals surface area contributed by atoms with Gasteiger partial charge >= 0.3 is 17.8 Å². The zero-order valence-electron chi connectivity index (χ0n) is 16.7. The van der Waals surface area contributed by atoms with Gasteiger partial charge in [0.2, 0.25) is 5.91 Å². The van der Waals surface area contributed by atoms with Crippen LogP contribution in [0.3, 0.4) is 0 Å². The predicted molar refractivity (Wildman–Crippen MR) is 115 cm³/mol. The molecule has 162 valence electrons. The maximum absolute atomic E-state index is 13.3. The van der Waals surface area contributed by atoms with E-state index in [4.69, 9.17) is 0 Å². The highest BCUT2D eigenvalue weighted by molar-refractivity contribution is 7.10. The quantitative estimate of drug-likeness (QED) is 0.442. The molecule has 0 saturated carbocycles. The Morgan fingerprint density at radius 2 is 1.59 bits per heavy atom. The van der Waals surface area contributed by atoms with E-state index in [9.17, 15) is 23.6 Å². The fourth-order valence-corrected chi connectivity index (χ4v) is 4.18. The number of imide groups is 2. The van der Waals surface area contributed by atoms with Crippen molar-refractivity contribution in [1.29, 1.82) is 0 Å². The Labute approximate surface area is 187 Å². The van der Waals surface area contributed by atoms with Gasteiger partial charge in [-0.15, -0.1) is 11.3 Å². The molecule has 4 rings (SSSR count). The molecule has 5 amide bonds. The maximum Gasteiger partial charge on any atom is 0.335 e. The molecule has 1 N–H and O–H groups in total. The molecule has 1 atom stereocenters. The van der Waals surface area contributed by atoms with Gasteiger partial charge in [0.1, 0.15) is 12.4 Å². The summed E-state index contributed by atoms with van der Waals surface area (Å²) in [5.41, 5.74) is 1.32. The van der Waals surface area contributed by atoms with E-state index in [0.29, 0.717) is 16.0 Å². The van der Waals surface area contributed by atoms with Crippen molar-refractivity contribution in [2.75, 3.05) is 6.54 Å². The second kappa shape index (κ2) is 9.11. The van der Waals surface area contributed by atoms with E-state index in [-0.39, 0.29) is 6.54 Å². The molecule has 0 aliphatic carbocycles. The summed E-state index contributed by atoms with van der Waals surface area (Å²) in [4.78, 5) is 52.4. The molecule has 1 aliphatic rings. The van der Waals surface area contributed by atoms with Crippen molar-refractivity contribution in [3.63, 3.8) is 0 Å². The smallest absolute Gasteiger partial charge is 0.335 e. The van der Waals surface area contributed by atoms with Crippen LogP contribution in [0.1, 0.15) is 22.0 Å². The molecule has 0 bridgehead atoms. The van der Waals surface area contributed by atoms with Gasteiger partial charge < -0.3 is 5.32 Å². The standard InChI is InChI=1S/C23H18FN3O4S/c24-17-10-8-16(9-11-17)20(18-7-4-12-32-18)25-19(28)14-27-22(30)21(29)26(23(27)31)13-15-5-2-1-3-6-15/h1-12,20H,13-14H2,(H,25,28)/t20-/m0/s1. The van der Waals surface area contributed by atoms with Crippen LogP contribution in [0.4, 0.5) is 9.18 Å². The summed E-state index contributed by atoms with van der Waals surface area (Å²) in [6.45, 7) is -0.659. The number of hydrogen-bond acceptors (Lipinski definition) is 5. The van der Waals surface area contributed by atoms with Gasteiger partial charge in [0, 0.05) is 4.88 Å². The molecule has 2 aromatic carbocycles. The first-order valence-electron chi connectivity index (χ1n) is 9.73. The van der Waals surface area contributed by atoms with Crippen LogP contribution < -0.4 is 5.32 Å². The average molecular weight is 451 g/mol. The largest absolute Gasteiger partial charge is 0.343 e. The third kappa shape index (κ3) is 4.42. The van der Waals surface area contributed by atoms with Crippen LogP contribution in [0.25, 0.3) is 0 Å². The van der Waals surface area contributed by atoms with Crippen LogP contribution in [0.5, 0.6) is 0 Å². The van der Waals surface area contributed by atoms with Crippen LogP contribution in [-0.4, -0.2) is 40.1 Å². The summed E-state index contributed by atoms with van der Waals surface area (Å²) in [5, 5.41) is 4.61. The van der Waals surface area contributed by atoms with Crippen LogP contribution in [0.15, 0.2) is 72.1 Å². The van der Waals surface area contributed by atoms with E-state index < -0.39 is 42.2 Å². The number of nitrogens with one attached hydrogen (secondary N) is 1. The highest BCUT2D eigenvalue weighted by Crippen LogP contribution is 2.26. The Kier molecular flexibility index (Phi) is 6.09. The van der Waals surface area contributed by atoms with Gasteiger partial charge in [-0.25, -0.2) is 14.1 Å². The van der Waals surface area contributed by atoms with Gasteiger partial charge in [0.05, 0.1) is 12.6 Å². The van der Waals surface area contributed by atoms with Gasteiger partial charge in [0.25, 0.3) is 0 Å². The summed E-state index contributed by atoms with van der Waals surface area (Å²) in [5.74, 6) is -3.05. The summed E-state index contributed by atoms with van der Waals surface area (Å²) in [6, 6.07) is 16.7. The molecule has 0 unspecified atom stereocenters. The Hall–Kier alpha value is -3.85. The van der Waals surface area contributed by atoms with Gasteiger partial charge in [-0.1, -0.05) is 48.5 Å². The number of urea groups is 1. The third-order valence-corrected chi connectivity index (χ3v) is 5.89. The lowest BCUT2D eigenvalue weighted by Gasteiger charge is -2.20. The molecule has 3 aromatic rings. The topological polar surface area (TPSA) is 86.8 Å². The molecule has 0 radical (unpaired) electrons. The van der Waals surface area contributed by atoms with Crippen molar-refractivity contribution >= 4 is 35.1 Å². The minimum Gasteiger partial charge on any atom is -0.343 e. The van der Waals surface area contributed by atoms with Gasteiger partial charge in [-0.3, -0.25) is 19.3 Å². The van der Waals surface area contributed by atoms with Crippen molar-refractivity contribution in [3.05, 3.63) is 93.9 Å². The van der Waals surface area contributed by atoms with Gasteiger partial charge in [-0.2, -0.15) is 0 Å². The number of halogens is 1. The molecule has 9 heteroatoms. The normalized spacial score (nSPS) is 14.7. The number of rotatable bonds is 7. The minimum absolute atomic E-state index is 0.0598. The summed E-state index contributed by atoms with van der Waals surface area (Å²) in [7, 11) is 0. The molecule has 1 aliphatic heterocycles. The monoisotopic (exact) mass is 451 g/mol. The van der Waals surface area contributed by atoms with E-state index in [0.717, 1.165) is 9.78 Å². The van der Waals surface area contributed by atoms with Crippen LogP contribution in [-0.2, 0) is 20.9 Å². The third-order valence-electron chi connectivity index (χ3n) is 4.96. The molecule has 32 heavy (non-hydrogen) atoms. The van der Waals surface area contributed by atoms with Crippen molar-refractivity contribution in [2.24, 2.45) is 0 Å². The van der Waals surface area contributed by atoms with Crippen molar-refractivity contribution in [3.8, 4) is 0 Å². The fraction of sp³-hybridized carbons (Fsp3) is 0.130. The number of hydrogen-bond donors (Lipinski definition) is 1. The maximum atomic E-state index is 13.3. The van der Waals surface area contributed by atoms with E-state index in [2.05, 4.69) is 5.32 Å². The number of nitrogens with zero attached hydrogens (tertiary/aromatic N) is 2. The lowest BCUT2D eigenvalue weighted by molar-refractivity contribution is -0.144. The number of carbonyl (C=O) groups excluding carboxylic acids is 4. The Morgan fingerprint density at radius 1 is 0.906 bits per heavy atom. The summed E-state index contributed by atoms with van der Waals surface area (Å²) < 4.78 is 13.3. The summed E-state index contributed by atoms with van der Waals surface area (Å²) in [6.07, 6.45) is 0. The van der Waals surface area contributed by atoms with Gasteiger partial charge in [0.15, 0.2) is 0 Å². The fourth-order valence-electron chi connectivity index (χ4n) is 3.37. The molecule has 1 fully saturated rings. The second-order valence-electron chi connectivity index (χ2n) is 7.12. The van der Waals surface area contributed by atoms with E-state index in [1.165, 1.54) is 23.5 Å². The number of benzene rings is 2. The molecular formula is C23H18FN3O4S. The van der Waals surface area contributed by atoms with Crippen molar-refractivity contribution < 1.29 is 23.6 Å². The first-order chi connectivity index (χ1) is 15.4. The second-order valence-corrected chi connectivity index (χ2v) is 8.10. The zero-order valence-corrected chi connectivity index (χ0v) is 17.5. The Morgan fingerprint density at radius 3 is 2.25 bits per heavy atom. The molecule has 1 saturated heterocycles. The first kappa shape index (κ1) is 21.4. The van der Waals surface area contributed by atoms with Crippen molar-refractivity contribution in [2.45, 2.75) is 12.6 Å². The Balaban J connectivity index is 1.48. The molecule has 2 heterocycles. The lowest BCUT2D eigenvalue weighted by Crippen LogP contribution is -2.42. The lowest BCUT2D eigenvalue weighted by atomic mass is 10.1. The van der Waals surface area contributed by atoms with E-state index >= 15 is 0 Å². The predicted octanol–water partition coefficient (Wildman–Crippen LogP) is 3.08. The number of thiophene rings is 1.